The SMILES string of the molecule is CN(N)N=C(N)N(Cc1cc(C(F)(F)F)cc(C(F)(F)F)c1)Cc1cc2cc(F)c(F)cc2nc1N1CCCC1C1CCC(CC(=O)O)CC1. The van der Waals surface area contributed by atoms with Crippen LogP contribution in [-0.2, 0) is 30.2 Å². The number of nitrogens with two attached hydrogens (primary N) is 2. The van der Waals surface area contributed by atoms with E-state index in [4.69, 9.17) is 16.6 Å². The van der Waals surface area contributed by atoms with Crippen LogP contribution >= 0.6 is 0 Å². The van der Waals surface area contributed by atoms with Crippen LogP contribution in [0, 0.1) is 23.5 Å². The molecule has 1 aromatic heterocycles. The first-order valence-electron chi connectivity index (χ1n) is 16.0. The third kappa shape index (κ3) is 8.65. The van der Waals surface area contributed by atoms with Crippen molar-refractivity contribution in [3.8, 4) is 0 Å². The van der Waals surface area contributed by atoms with E-state index in [2.05, 4.69) is 5.10 Å². The first-order chi connectivity index (χ1) is 23.4. The average molecular weight is 716 g/mol. The number of hydrogen-bond donors (Lipinski definition) is 3. The lowest BCUT2D eigenvalue weighted by atomic mass is 9.76. The number of benzene rings is 2. The summed E-state index contributed by atoms with van der Waals surface area (Å²) < 4.78 is 111. The van der Waals surface area contributed by atoms with Crippen molar-refractivity contribution in [3.05, 3.63) is 70.3 Å². The molecule has 0 amide bonds. The summed E-state index contributed by atoms with van der Waals surface area (Å²) in [6, 6.07) is 4.63. The minimum atomic E-state index is -5.08. The fourth-order valence-corrected chi connectivity index (χ4v) is 7.12. The number of hydrogen-bond acceptors (Lipinski definition) is 6. The number of fused-ring (bicyclic) bond motifs is 1. The van der Waals surface area contributed by atoms with Crippen molar-refractivity contribution in [2.45, 2.75) is 76.4 Å². The summed E-state index contributed by atoms with van der Waals surface area (Å²) in [5.41, 5.74) is 3.39. The summed E-state index contributed by atoms with van der Waals surface area (Å²) in [5.74, 6) is 2.83. The van der Waals surface area contributed by atoms with Crippen LogP contribution in [0.5, 0.6) is 0 Å². The lowest BCUT2D eigenvalue weighted by Crippen LogP contribution is -2.41. The number of anilines is 1. The lowest BCUT2D eigenvalue weighted by molar-refractivity contribution is -0.143. The van der Waals surface area contributed by atoms with Crippen LogP contribution in [0.15, 0.2) is 41.5 Å². The fourth-order valence-electron chi connectivity index (χ4n) is 7.12. The zero-order chi connectivity index (χ0) is 36.5. The smallest absolute Gasteiger partial charge is 0.416 e. The van der Waals surface area contributed by atoms with Crippen molar-refractivity contribution in [1.82, 2.24) is 15.0 Å². The van der Waals surface area contributed by atoms with Crippen LogP contribution in [0.2, 0.25) is 0 Å². The van der Waals surface area contributed by atoms with Crippen molar-refractivity contribution < 1.29 is 45.0 Å². The quantitative estimate of drug-likeness (QED) is 0.0724. The maximum atomic E-state index is 14.4. The summed E-state index contributed by atoms with van der Waals surface area (Å²) >= 11 is 0. The number of alkyl halides is 6. The summed E-state index contributed by atoms with van der Waals surface area (Å²) in [4.78, 5) is 19.3. The Kier molecular flexibility index (Phi) is 10.6. The van der Waals surface area contributed by atoms with Crippen LogP contribution in [0.4, 0.5) is 40.9 Å². The maximum absolute atomic E-state index is 14.4. The highest BCUT2D eigenvalue weighted by molar-refractivity contribution is 5.83. The van der Waals surface area contributed by atoms with Crippen molar-refractivity contribution >= 4 is 28.6 Å². The number of hydrazone groups is 1. The number of nitrogens with zero attached hydrogens (tertiary/aromatic N) is 5. The molecule has 1 aliphatic heterocycles. The van der Waals surface area contributed by atoms with Crippen molar-refractivity contribution in [2.24, 2.45) is 28.5 Å². The van der Waals surface area contributed by atoms with Gasteiger partial charge in [-0.15, -0.1) is 5.10 Å². The Morgan fingerprint density at radius 3 is 2.14 bits per heavy atom. The number of rotatable bonds is 9. The molecular formula is C33H37F8N7O2. The Labute approximate surface area is 282 Å². The van der Waals surface area contributed by atoms with Crippen LogP contribution in [0.25, 0.3) is 10.9 Å². The van der Waals surface area contributed by atoms with E-state index in [-0.39, 0.29) is 59.3 Å². The Hall–Kier alpha value is -4.41. The van der Waals surface area contributed by atoms with Gasteiger partial charge in [-0.2, -0.15) is 26.3 Å². The molecule has 2 fully saturated rings. The van der Waals surface area contributed by atoms with Gasteiger partial charge in [0.15, 0.2) is 11.6 Å². The van der Waals surface area contributed by atoms with Gasteiger partial charge >= 0.3 is 18.3 Å². The van der Waals surface area contributed by atoms with Gasteiger partial charge in [0.25, 0.3) is 0 Å². The highest BCUT2D eigenvalue weighted by Gasteiger charge is 2.38. The zero-order valence-electron chi connectivity index (χ0n) is 27.0. The Bertz CT molecular complexity index is 1710. The number of carbonyl (C=O) groups is 1. The van der Waals surface area contributed by atoms with Crippen LogP contribution in [-0.4, -0.2) is 51.7 Å². The highest BCUT2D eigenvalue weighted by Crippen LogP contribution is 2.41. The van der Waals surface area contributed by atoms with E-state index in [1.54, 1.807) is 6.07 Å². The van der Waals surface area contributed by atoms with E-state index >= 15 is 0 Å². The molecule has 1 atom stereocenters. The van der Waals surface area contributed by atoms with Gasteiger partial charge in [0, 0.05) is 56.2 Å². The summed E-state index contributed by atoms with van der Waals surface area (Å²) in [5, 5.41) is 14.2. The number of aromatic nitrogens is 1. The number of carboxylic acids is 1. The zero-order valence-corrected chi connectivity index (χ0v) is 27.0. The molecule has 9 nitrogen and oxygen atoms in total. The van der Waals surface area contributed by atoms with E-state index in [9.17, 15) is 45.0 Å². The van der Waals surface area contributed by atoms with Crippen LogP contribution in [0.3, 0.4) is 0 Å². The molecule has 2 aromatic carbocycles. The molecular weight excluding hydrogens is 678 g/mol. The monoisotopic (exact) mass is 715 g/mol. The standard InChI is InChI=1S/C33H37F8N7O2/c1-46(43)45-31(42)47(16-19-9-23(32(36,37)38)14-24(10-19)33(39,40)41)17-22-12-21-13-25(34)26(35)15-27(21)44-30(22)48-8-2-3-28(48)20-6-4-18(5-7-20)11-29(49)50/h9-10,12-15,18,20,28H,2-8,11,16-17,43H2,1H3,(H2,42,45)(H,49,50). The van der Waals surface area contributed by atoms with Gasteiger partial charge in [-0.25, -0.2) is 24.7 Å². The van der Waals surface area contributed by atoms with E-state index in [0.29, 0.717) is 30.1 Å². The van der Waals surface area contributed by atoms with Gasteiger partial charge in [0.2, 0.25) is 5.96 Å². The molecule has 272 valence electrons. The minimum absolute atomic E-state index is 0.0284. The van der Waals surface area contributed by atoms with Crippen LogP contribution in [0.1, 0.15) is 67.2 Å². The molecule has 1 unspecified atom stereocenters. The van der Waals surface area contributed by atoms with E-state index in [1.807, 2.05) is 4.90 Å². The number of halogens is 8. The molecule has 3 aromatic rings. The maximum Gasteiger partial charge on any atom is 0.416 e. The second-order valence-corrected chi connectivity index (χ2v) is 13.0. The topological polar surface area (TPSA) is 124 Å². The molecule has 1 saturated heterocycles. The van der Waals surface area contributed by atoms with Gasteiger partial charge in [0.05, 0.1) is 16.6 Å². The number of carboxylic acid groups (broad SMARTS) is 1. The molecule has 5 N–H and O–H groups in total. The molecule has 2 aliphatic rings. The fraction of sp³-hybridized carbons (Fsp3) is 0.485. The average Bonchev–Trinajstić information content (AvgIpc) is 3.50. The number of aliphatic carboxylic acids is 1. The van der Waals surface area contributed by atoms with Crippen LogP contribution < -0.4 is 16.5 Å². The van der Waals surface area contributed by atoms with Gasteiger partial charge in [-0.05, 0) is 86.3 Å². The Morgan fingerprint density at radius 1 is 0.940 bits per heavy atom. The van der Waals surface area contributed by atoms with E-state index in [1.165, 1.54) is 11.9 Å². The van der Waals surface area contributed by atoms with Gasteiger partial charge < -0.3 is 20.6 Å². The first kappa shape index (κ1) is 36.9. The lowest BCUT2D eigenvalue weighted by Gasteiger charge is -2.38. The summed E-state index contributed by atoms with van der Waals surface area (Å²) in [6.45, 7) is -0.290. The van der Waals surface area contributed by atoms with E-state index in [0.717, 1.165) is 55.8 Å². The molecule has 17 heteroatoms. The molecule has 0 radical (unpaired) electrons. The summed E-state index contributed by atoms with van der Waals surface area (Å²) in [7, 11) is 1.32. The second-order valence-electron chi connectivity index (χ2n) is 13.0. The van der Waals surface area contributed by atoms with Crippen molar-refractivity contribution in [3.63, 3.8) is 0 Å². The predicted molar refractivity (Wildman–Crippen MR) is 169 cm³/mol. The van der Waals surface area contributed by atoms with Gasteiger partial charge in [-0.1, -0.05) is 0 Å². The Balaban J connectivity index is 1.57. The minimum Gasteiger partial charge on any atom is -0.481 e. The molecule has 0 spiro atoms. The number of hydrazine groups is 1. The third-order valence-electron chi connectivity index (χ3n) is 9.35. The van der Waals surface area contributed by atoms with Gasteiger partial charge in [0.1, 0.15) is 5.82 Å². The van der Waals surface area contributed by atoms with Crippen molar-refractivity contribution in [1.29, 1.82) is 0 Å². The van der Waals surface area contributed by atoms with E-state index < -0.39 is 47.6 Å². The first-order valence-corrected chi connectivity index (χ1v) is 16.0. The predicted octanol–water partition coefficient (Wildman–Crippen LogP) is 6.84. The molecule has 1 saturated carbocycles. The third-order valence-corrected chi connectivity index (χ3v) is 9.35. The Morgan fingerprint density at radius 2 is 1.56 bits per heavy atom. The summed E-state index contributed by atoms with van der Waals surface area (Å²) in [6.07, 6.45) is -5.52. The number of guanidine groups is 1. The largest absolute Gasteiger partial charge is 0.481 e. The van der Waals surface area contributed by atoms with Crippen molar-refractivity contribution in [2.75, 3.05) is 18.5 Å². The molecule has 2 heterocycles. The highest BCUT2D eigenvalue weighted by atomic mass is 19.4. The van der Waals surface area contributed by atoms with Gasteiger partial charge in [-0.3, -0.25) is 4.79 Å². The molecule has 50 heavy (non-hydrogen) atoms. The second kappa shape index (κ2) is 14.4. The molecule has 0 bridgehead atoms. The normalized spacial score (nSPS) is 20.4. The molecule has 1 aliphatic carbocycles. The molecule has 5 rings (SSSR count). The number of pyridine rings is 1.